The Morgan fingerprint density at radius 1 is 1.18 bits per heavy atom. The summed E-state index contributed by atoms with van der Waals surface area (Å²) in [5, 5.41) is 15.4. The molecule has 0 aliphatic carbocycles. The maximum Gasteiger partial charge on any atom is 0.252 e. The van der Waals surface area contributed by atoms with Gasteiger partial charge in [-0.3, -0.25) is 9.78 Å². The van der Waals surface area contributed by atoms with Crippen molar-refractivity contribution >= 4 is 29.4 Å². The molecule has 0 saturated heterocycles. The summed E-state index contributed by atoms with van der Waals surface area (Å²) in [5.41, 5.74) is 9.08. The number of rotatable bonds is 7. The molecule has 2 aromatic heterocycles. The minimum atomic E-state index is -0.323. The van der Waals surface area contributed by atoms with Crippen molar-refractivity contribution in [1.82, 2.24) is 30.2 Å². The van der Waals surface area contributed by atoms with Crippen LogP contribution in [-0.4, -0.2) is 36.1 Å². The van der Waals surface area contributed by atoms with Gasteiger partial charge in [0.1, 0.15) is 0 Å². The van der Waals surface area contributed by atoms with E-state index in [9.17, 15) is 4.79 Å². The summed E-state index contributed by atoms with van der Waals surface area (Å²) >= 11 is 1.36. The van der Waals surface area contributed by atoms with Crippen LogP contribution in [0.2, 0.25) is 0 Å². The van der Waals surface area contributed by atoms with Gasteiger partial charge in [-0.2, -0.15) is 9.67 Å². The first-order chi connectivity index (χ1) is 16.0. The Bertz CT molecular complexity index is 1300. The smallest absolute Gasteiger partial charge is 0.252 e. The normalized spacial score (nSPS) is 11.7. The van der Waals surface area contributed by atoms with Crippen LogP contribution in [0.15, 0.2) is 75.6 Å². The number of nitrogens with zero attached hydrogens (tertiary/aromatic N) is 6. The van der Waals surface area contributed by atoms with Crippen molar-refractivity contribution in [3.63, 3.8) is 0 Å². The van der Waals surface area contributed by atoms with E-state index >= 15 is 0 Å². The molecule has 4 rings (SSSR count). The summed E-state index contributed by atoms with van der Waals surface area (Å²) in [7, 11) is 0. The molecule has 0 aliphatic rings. The molecule has 0 fully saturated rings. The number of guanidine groups is 1. The van der Waals surface area contributed by atoms with Gasteiger partial charge < -0.3 is 11.1 Å². The zero-order valence-corrected chi connectivity index (χ0v) is 19.0. The van der Waals surface area contributed by atoms with Gasteiger partial charge >= 0.3 is 0 Å². The van der Waals surface area contributed by atoms with Crippen LogP contribution in [0.4, 0.5) is 11.6 Å². The van der Waals surface area contributed by atoms with E-state index in [1.165, 1.54) is 23.4 Å². The number of aromatic nitrogens is 6. The van der Waals surface area contributed by atoms with E-state index < -0.39 is 0 Å². The second-order valence-corrected chi connectivity index (χ2v) is 8.40. The number of nitrogens with one attached hydrogen (secondary N) is 2. The molecule has 0 aliphatic heterocycles. The van der Waals surface area contributed by atoms with Crippen LogP contribution in [0.25, 0.3) is 5.69 Å². The number of hydrogen-bond acceptors (Lipinski definition) is 7. The SMILES string of the molecule is CC(C)c1ccc(NC(N)=Nc2nc(CSc3nnnn3-c3ccccc3)cc(=O)[nH]2)cc1. The molecule has 0 saturated carbocycles. The van der Waals surface area contributed by atoms with Crippen molar-refractivity contribution in [2.75, 3.05) is 5.32 Å². The van der Waals surface area contributed by atoms with Crippen LogP contribution in [0.5, 0.6) is 0 Å². The number of thioether (sulfide) groups is 1. The fourth-order valence-corrected chi connectivity index (χ4v) is 3.78. The molecule has 4 aromatic rings. The molecule has 2 heterocycles. The average Bonchev–Trinajstić information content (AvgIpc) is 3.27. The lowest BCUT2D eigenvalue weighted by Crippen LogP contribution is -2.22. The van der Waals surface area contributed by atoms with Crippen LogP contribution < -0.4 is 16.6 Å². The number of nitrogens with two attached hydrogens (primary N) is 1. The van der Waals surface area contributed by atoms with Crippen LogP contribution in [0.1, 0.15) is 31.0 Å². The van der Waals surface area contributed by atoms with Gasteiger partial charge in [-0.15, -0.1) is 5.10 Å². The van der Waals surface area contributed by atoms with E-state index in [0.29, 0.717) is 22.5 Å². The van der Waals surface area contributed by atoms with E-state index in [1.807, 2.05) is 54.6 Å². The highest BCUT2D eigenvalue weighted by atomic mass is 32.2. The Balaban J connectivity index is 1.46. The number of H-pyrrole nitrogens is 1. The maximum absolute atomic E-state index is 12.1. The molecule has 4 N–H and O–H groups in total. The monoisotopic (exact) mass is 461 g/mol. The molecule has 10 nitrogen and oxygen atoms in total. The van der Waals surface area contributed by atoms with Gasteiger partial charge in [0.15, 0.2) is 0 Å². The summed E-state index contributed by atoms with van der Waals surface area (Å²) in [6.45, 7) is 4.27. The van der Waals surface area contributed by atoms with Crippen LogP contribution >= 0.6 is 11.8 Å². The molecule has 0 radical (unpaired) electrons. The largest absolute Gasteiger partial charge is 0.369 e. The highest BCUT2D eigenvalue weighted by molar-refractivity contribution is 7.98. The van der Waals surface area contributed by atoms with Crippen LogP contribution in [0.3, 0.4) is 0 Å². The molecule has 0 bridgehead atoms. The first-order valence-corrected chi connectivity index (χ1v) is 11.2. The van der Waals surface area contributed by atoms with Gasteiger partial charge in [0.25, 0.3) is 5.56 Å². The number of benzene rings is 2. The Hall–Kier alpha value is -3.99. The lowest BCUT2D eigenvalue weighted by Gasteiger charge is -2.08. The zero-order valence-electron chi connectivity index (χ0n) is 18.1. The highest BCUT2D eigenvalue weighted by Gasteiger charge is 2.10. The second kappa shape index (κ2) is 10.1. The number of hydrogen-bond donors (Lipinski definition) is 3. The Labute approximate surface area is 194 Å². The number of aromatic amines is 1. The molecular formula is C22H23N9OS. The van der Waals surface area contributed by atoms with E-state index in [4.69, 9.17) is 5.73 Å². The molecule has 33 heavy (non-hydrogen) atoms. The van der Waals surface area contributed by atoms with Gasteiger partial charge in [-0.1, -0.05) is 55.9 Å². The lowest BCUT2D eigenvalue weighted by atomic mass is 10.0. The Morgan fingerprint density at radius 2 is 1.94 bits per heavy atom. The van der Waals surface area contributed by atoms with Gasteiger partial charge in [-0.05, 0) is 46.2 Å². The fourth-order valence-electron chi connectivity index (χ4n) is 3.00. The number of para-hydroxylation sites is 1. The van der Waals surface area contributed by atoms with E-state index in [1.54, 1.807) is 4.68 Å². The predicted molar refractivity (Wildman–Crippen MR) is 129 cm³/mol. The van der Waals surface area contributed by atoms with Crippen molar-refractivity contribution < 1.29 is 0 Å². The molecule has 11 heteroatoms. The van der Waals surface area contributed by atoms with Crippen molar-refractivity contribution in [3.8, 4) is 5.69 Å². The third kappa shape index (κ3) is 5.83. The molecule has 0 amide bonds. The minimum absolute atomic E-state index is 0.115. The maximum atomic E-state index is 12.1. The van der Waals surface area contributed by atoms with Gasteiger partial charge in [0, 0.05) is 17.5 Å². The Kier molecular flexibility index (Phi) is 6.79. The number of anilines is 1. The third-order valence-corrected chi connectivity index (χ3v) is 5.60. The van der Waals surface area contributed by atoms with Crippen LogP contribution in [0, 0.1) is 0 Å². The van der Waals surface area contributed by atoms with E-state index in [-0.39, 0.29) is 17.5 Å². The van der Waals surface area contributed by atoms with Crippen molar-refractivity contribution in [1.29, 1.82) is 0 Å². The fraction of sp³-hybridized carbons (Fsp3) is 0.182. The standard InChI is InChI=1S/C22H23N9OS/c1-14(2)15-8-10-16(11-9-15)24-20(23)27-21-25-17(12-19(32)26-21)13-33-22-28-29-30-31(22)18-6-4-3-5-7-18/h3-12,14H,13H2,1-2H3,(H4,23,24,25,26,27,32). The molecular weight excluding hydrogens is 438 g/mol. The first-order valence-electron chi connectivity index (χ1n) is 10.3. The summed E-state index contributed by atoms with van der Waals surface area (Å²) in [6.07, 6.45) is 0. The third-order valence-electron chi connectivity index (χ3n) is 4.65. The van der Waals surface area contributed by atoms with E-state index in [2.05, 4.69) is 49.7 Å². The number of aliphatic imine (C=N–C) groups is 1. The topological polar surface area (TPSA) is 140 Å². The molecule has 2 aromatic carbocycles. The van der Waals surface area contributed by atoms with Crippen molar-refractivity contribution in [2.24, 2.45) is 10.7 Å². The zero-order chi connectivity index (χ0) is 23.2. The highest BCUT2D eigenvalue weighted by Crippen LogP contribution is 2.22. The van der Waals surface area contributed by atoms with Crippen molar-refractivity contribution in [3.05, 3.63) is 82.3 Å². The summed E-state index contributed by atoms with van der Waals surface area (Å²) in [6, 6.07) is 18.9. The summed E-state index contributed by atoms with van der Waals surface area (Å²) in [5.74, 6) is 1.05. The van der Waals surface area contributed by atoms with Crippen molar-refractivity contribution in [2.45, 2.75) is 30.7 Å². The first kappa shape index (κ1) is 22.2. The summed E-state index contributed by atoms with van der Waals surface area (Å²) in [4.78, 5) is 23.3. The van der Waals surface area contributed by atoms with Crippen LogP contribution in [-0.2, 0) is 5.75 Å². The molecule has 0 spiro atoms. The van der Waals surface area contributed by atoms with Gasteiger partial charge in [0.2, 0.25) is 17.1 Å². The molecule has 0 atom stereocenters. The summed E-state index contributed by atoms with van der Waals surface area (Å²) < 4.78 is 1.63. The number of tetrazole rings is 1. The van der Waals surface area contributed by atoms with Gasteiger partial charge in [-0.25, -0.2) is 4.98 Å². The lowest BCUT2D eigenvalue weighted by molar-refractivity contribution is 0.756. The minimum Gasteiger partial charge on any atom is -0.369 e. The second-order valence-electron chi connectivity index (χ2n) is 7.46. The Morgan fingerprint density at radius 3 is 2.67 bits per heavy atom. The molecule has 0 unspecified atom stereocenters. The predicted octanol–water partition coefficient (Wildman–Crippen LogP) is 3.22. The van der Waals surface area contributed by atoms with Gasteiger partial charge in [0.05, 0.1) is 11.4 Å². The molecule has 168 valence electrons. The van der Waals surface area contributed by atoms with E-state index in [0.717, 1.165) is 11.4 Å². The average molecular weight is 462 g/mol. The quantitative estimate of drug-likeness (QED) is 0.216.